The number of nitrogens with zero attached hydrogens (tertiary/aromatic N) is 3. The minimum atomic E-state index is -3.49. The van der Waals surface area contributed by atoms with E-state index in [4.69, 9.17) is 14.2 Å². The number of allylic oxidation sites excluding steroid dienone is 1. The molecule has 2 unspecified atom stereocenters. The van der Waals surface area contributed by atoms with Crippen LogP contribution in [-0.4, -0.2) is 70.9 Å². The van der Waals surface area contributed by atoms with Crippen molar-refractivity contribution in [2.75, 3.05) is 19.7 Å². The van der Waals surface area contributed by atoms with Gasteiger partial charge in [0.25, 0.3) is 0 Å². The van der Waals surface area contributed by atoms with Crippen LogP contribution in [0.2, 0.25) is 0 Å². The van der Waals surface area contributed by atoms with E-state index < -0.39 is 47.5 Å². The number of ether oxygens (including phenoxy) is 3. The van der Waals surface area contributed by atoms with Crippen molar-refractivity contribution in [3.63, 3.8) is 0 Å². The summed E-state index contributed by atoms with van der Waals surface area (Å²) in [6, 6.07) is 5.90. The van der Waals surface area contributed by atoms with Crippen LogP contribution in [0.3, 0.4) is 0 Å². The van der Waals surface area contributed by atoms with Gasteiger partial charge in [0.2, 0.25) is 11.8 Å². The van der Waals surface area contributed by atoms with E-state index in [1.165, 1.54) is 6.08 Å². The number of carbonyl (C=O) groups excluding carboxylic acids is 2. The smallest absolute Gasteiger partial charge is 0.408 e. The zero-order valence-electron chi connectivity index (χ0n) is 22.4. The van der Waals surface area contributed by atoms with E-state index in [1.54, 1.807) is 29.2 Å². The van der Waals surface area contributed by atoms with Gasteiger partial charge in [-0.1, -0.05) is 39.0 Å². The van der Waals surface area contributed by atoms with Crippen LogP contribution in [-0.2, 0) is 20.2 Å². The van der Waals surface area contributed by atoms with E-state index in [1.807, 2.05) is 20.8 Å². The number of halogens is 2. The van der Waals surface area contributed by atoms with Gasteiger partial charge in [0.05, 0.1) is 30.3 Å². The molecule has 2 fully saturated rings. The number of benzene rings is 1. The van der Waals surface area contributed by atoms with E-state index in [0.717, 1.165) is 12.5 Å². The third-order valence-electron chi connectivity index (χ3n) is 7.35. The van der Waals surface area contributed by atoms with Gasteiger partial charge in [-0.25, -0.2) is 14.8 Å². The molecular weight excluding hydrogens is 510 g/mol. The van der Waals surface area contributed by atoms with Crippen LogP contribution in [0.5, 0.6) is 5.88 Å². The molecule has 2 bridgehead atoms. The molecule has 3 aliphatic rings. The van der Waals surface area contributed by atoms with Gasteiger partial charge < -0.3 is 24.4 Å². The first-order valence-electron chi connectivity index (χ1n) is 13.4. The molecule has 0 radical (unpaired) electrons. The molecule has 5 rings (SSSR count). The van der Waals surface area contributed by atoms with Gasteiger partial charge in [-0.3, -0.25) is 4.79 Å². The highest BCUT2D eigenvalue weighted by Crippen LogP contribution is 2.36. The Morgan fingerprint density at radius 1 is 1.03 bits per heavy atom. The van der Waals surface area contributed by atoms with Crippen molar-refractivity contribution in [2.24, 2.45) is 5.41 Å². The summed E-state index contributed by atoms with van der Waals surface area (Å²) in [7, 11) is 0. The second kappa shape index (κ2) is 10.7. The van der Waals surface area contributed by atoms with Crippen molar-refractivity contribution in [3.05, 3.63) is 42.1 Å². The topological polar surface area (TPSA) is 103 Å². The molecule has 9 nitrogen and oxygen atoms in total. The molecule has 1 N–H and O–H groups in total. The number of para-hydroxylation sites is 2. The molecule has 210 valence electrons. The molecule has 11 heteroatoms. The van der Waals surface area contributed by atoms with Gasteiger partial charge in [0, 0.05) is 13.0 Å². The fourth-order valence-electron chi connectivity index (χ4n) is 5.26. The lowest BCUT2D eigenvalue weighted by Crippen LogP contribution is -2.55. The van der Waals surface area contributed by atoms with Gasteiger partial charge in [-0.2, -0.15) is 8.78 Å². The summed E-state index contributed by atoms with van der Waals surface area (Å²) in [4.78, 5) is 36.6. The highest BCUT2D eigenvalue weighted by atomic mass is 19.3. The van der Waals surface area contributed by atoms with Crippen molar-refractivity contribution in [2.45, 2.75) is 76.7 Å². The first kappa shape index (κ1) is 27.2. The lowest BCUT2D eigenvalue weighted by molar-refractivity contribution is -0.135. The molecule has 2 amide bonds. The number of alkyl halides is 2. The van der Waals surface area contributed by atoms with E-state index in [-0.39, 0.29) is 24.9 Å². The molecular formula is C28H34F2N4O5. The van der Waals surface area contributed by atoms with Crippen molar-refractivity contribution in [1.29, 1.82) is 0 Å². The second-order valence-electron chi connectivity index (χ2n) is 11.4. The zero-order valence-corrected chi connectivity index (χ0v) is 22.4. The summed E-state index contributed by atoms with van der Waals surface area (Å²) in [5.41, 5.74) is -0.449. The second-order valence-corrected chi connectivity index (χ2v) is 11.4. The van der Waals surface area contributed by atoms with Crippen molar-refractivity contribution in [3.8, 4) is 5.88 Å². The fraction of sp³-hybridized carbons (Fsp3) is 0.571. The number of fused-ring (bicyclic) bond motifs is 5. The first-order chi connectivity index (χ1) is 18.5. The maximum Gasteiger partial charge on any atom is 0.408 e. The monoisotopic (exact) mass is 544 g/mol. The molecule has 1 aromatic heterocycles. The Morgan fingerprint density at radius 2 is 1.74 bits per heavy atom. The third-order valence-corrected chi connectivity index (χ3v) is 7.35. The van der Waals surface area contributed by atoms with E-state index in [9.17, 15) is 9.59 Å². The molecule has 39 heavy (non-hydrogen) atoms. The summed E-state index contributed by atoms with van der Waals surface area (Å²) >= 11 is 0. The number of carbonyl (C=O) groups is 2. The molecule has 4 atom stereocenters. The zero-order chi connectivity index (χ0) is 27.8. The SMILES string of the molecule is CC(C)(C)[C@@H]1NC(=O)OC2CCC[C@H]2OC/C=C/C(F)(F)c2nc3ccccc3nc2OC2CCN(C2)C1=O. The number of rotatable bonds is 0. The molecule has 1 saturated heterocycles. The quantitative estimate of drug-likeness (QED) is 0.492. The Kier molecular flexibility index (Phi) is 7.45. The van der Waals surface area contributed by atoms with Crippen LogP contribution < -0.4 is 10.1 Å². The molecule has 2 aromatic rings. The number of alkyl carbamates (subject to hydrolysis) is 1. The first-order valence-corrected chi connectivity index (χ1v) is 13.4. The fourth-order valence-corrected chi connectivity index (χ4v) is 5.26. The Bertz CT molecular complexity index is 1260. The maximum absolute atomic E-state index is 15.5. The Labute approximate surface area is 225 Å². The number of hydrogen-bond donors (Lipinski definition) is 1. The minimum absolute atomic E-state index is 0.0976. The molecule has 1 aliphatic carbocycles. The average Bonchev–Trinajstić information content (AvgIpc) is 3.52. The van der Waals surface area contributed by atoms with E-state index >= 15 is 8.78 Å². The number of nitrogens with one attached hydrogen (secondary N) is 1. The largest absolute Gasteiger partial charge is 0.471 e. The van der Waals surface area contributed by atoms with Crippen molar-refractivity contribution < 1.29 is 32.6 Å². The number of aromatic nitrogens is 2. The normalized spacial score (nSPS) is 28.9. The van der Waals surface area contributed by atoms with Crippen molar-refractivity contribution >= 4 is 23.0 Å². The summed E-state index contributed by atoms with van der Waals surface area (Å²) in [6.07, 6.45) is 2.15. The van der Waals surface area contributed by atoms with Crippen LogP contribution in [0.4, 0.5) is 13.6 Å². The maximum atomic E-state index is 15.5. The third kappa shape index (κ3) is 5.98. The van der Waals surface area contributed by atoms with Gasteiger partial charge in [0.15, 0.2) is 5.69 Å². The van der Waals surface area contributed by atoms with Crippen LogP contribution in [0, 0.1) is 5.41 Å². The standard InChI is InChI=1S/C28H34F2N4O5/c1-27(2,3)23-25(35)34-14-12-17(16-34)38-24-22(31-18-8-4-5-9-19(18)32-24)28(29,30)13-7-15-37-20-10-6-11-21(20)39-26(36)33-23/h4-5,7-9,13,17,20-21,23H,6,10-12,14-16H2,1-3H3,(H,33,36)/b13-7+/t17?,20-,21?,23-/m1/s1. The van der Waals surface area contributed by atoms with Crippen LogP contribution in [0.1, 0.15) is 52.1 Å². The predicted molar refractivity (Wildman–Crippen MR) is 138 cm³/mol. The molecule has 0 spiro atoms. The Morgan fingerprint density at radius 3 is 2.49 bits per heavy atom. The van der Waals surface area contributed by atoms with Crippen LogP contribution >= 0.6 is 0 Å². The van der Waals surface area contributed by atoms with Gasteiger partial charge in [-0.15, -0.1) is 0 Å². The number of hydrogen-bond acceptors (Lipinski definition) is 7. The average molecular weight is 545 g/mol. The van der Waals surface area contributed by atoms with Crippen LogP contribution in [0.15, 0.2) is 36.4 Å². The Balaban J connectivity index is 1.50. The summed E-state index contributed by atoms with van der Waals surface area (Å²) < 4.78 is 48.4. The summed E-state index contributed by atoms with van der Waals surface area (Å²) in [5.74, 6) is -4.04. The minimum Gasteiger partial charge on any atom is -0.471 e. The number of amides is 2. The highest BCUT2D eigenvalue weighted by molar-refractivity contribution is 5.86. The van der Waals surface area contributed by atoms with Crippen molar-refractivity contribution in [1.82, 2.24) is 20.2 Å². The lowest BCUT2D eigenvalue weighted by Gasteiger charge is -2.33. The molecule has 1 saturated carbocycles. The molecule has 2 aliphatic heterocycles. The lowest BCUT2D eigenvalue weighted by atomic mass is 9.86. The predicted octanol–water partition coefficient (Wildman–Crippen LogP) is 4.35. The van der Waals surface area contributed by atoms with Gasteiger partial charge in [0.1, 0.15) is 18.2 Å². The van der Waals surface area contributed by atoms with Gasteiger partial charge in [-0.05, 0) is 42.9 Å². The van der Waals surface area contributed by atoms with E-state index in [0.29, 0.717) is 36.8 Å². The highest BCUT2D eigenvalue weighted by Gasteiger charge is 2.42. The summed E-state index contributed by atoms with van der Waals surface area (Å²) in [5, 5.41) is 2.77. The summed E-state index contributed by atoms with van der Waals surface area (Å²) in [6.45, 7) is 5.99. The van der Waals surface area contributed by atoms with Crippen LogP contribution in [0.25, 0.3) is 11.0 Å². The molecule has 1 aromatic carbocycles. The Hall–Kier alpha value is -3.34. The van der Waals surface area contributed by atoms with E-state index in [2.05, 4.69) is 15.3 Å². The van der Waals surface area contributed by atoms with Gasteiger partial charge >= 0.3 is 12.0 Å². The molecule has 3 heterocycles.